The van der Waals surface area contributed by atoms with Gasteiger partial charge >= 0.3 is 0 Å². The van der Waals surface area contributed by atoms with Crippen LogP contribution < -0.4 is 5.73 Å². The minimum atomic E-state index is -3.01. The molecule has 32 heavy (non-hydrogen) atoms. The molecular formula is C21H22N2O9. The van der Waals surface area contributed by atoms with Crippen molar-refractivity contribution in [3.05, 3.63) is 46.2 Å². The van der Waals surface area contributed by atoms with E-state index in [1.54, 1.807) is 0 Å². The summed E-state index contributed by atoms with van der Waals surface area (Å²) < 4.78 is 0. The molecule has 1 amide bonds. The maximum Gasteiger partial charge on any atom is 0.255 e. The number of phenolic OH excluding ortho intramolecular Hbond substituents is 1. The second-order valence-corrected chi connectivity index (χ2v) is 8.45. The van der Waals surface area contributed by atoms with E-state index in [0.29, 0.717) is 0 Å². The van der Waals surface area contributed by atoms with Gasteiger partial charge in [-0.3, -0.25) is 19.3 Å². The SMILES string of the molecule is CN(C)[C@H]1C(=O)C(C(N)=O)=C(O)[C@@]2(O)C(=O)C3=C(O)c4c(O)cccc4[C@@H](O)[C@H]3[C@H](O)[C@@H]12. The van der Waals surface area contributed by atoms with Gasteiger partial charge in [-0.1, -0.05) is 12.1 Å². The standard InChI is InChI=1S/C21H22N2O9/c1-23(2)13-12-16(27)9-10(15(26)8-6(14(9)25)4-3-5-7(8)24)18(29)21(12,32)19(30)11(17(13)28)20(22)31/h3-5,9,12-14,16,24-27,30,32H,1-2H3,(H2,22,31)/t9-,12+,13+,14+,16-,21-/m0/s1. The fourth-order valence-corrected chi connectivity index (χ4v) is 5.24. The Hall–Kier alpha value is -3.25. The molecular weight excluding hydrogens is 424 g/mol. The van der Waals surface area contributed by atoms with E-state index in [4.69, 9.17) is 5.73 Å². The molecule has 1 aromatic carbocycles. The van der Waals surface area contributed by atoms with Crippen LogP contribution in [0.3, 0.4) is 0 Å². The van der Waals surface area contributed by atoms with Gasteiger partial charge in [0.1, 0.15) is 22.8 Å². The number of carbonyl (C=O) groups excluding carboxylic acids is 3. The van der Waals surface area contributed by atoms with Crippen LogP contribution in [0, 0.1) is 11.8 Å². The summed E-state index contributed by atoms with van der Waals surface area (Å²) in [6.45, 7) is 0. The fourth-order valence-electron chi connectivity index (χ4n) is 5.24. The van der Waals surface area contributed by atoms with Gasteiger partial charge in [0.15, 0.2) is 11.4 Å². The molecule has 3 aliphatic carbocycles. The maximum absolute atomic E-state index is 13.5. The van der Waals surface area contributed by atoms with Gasteiger partial charge in [-0.15, -0.1) is 0 Å². The summed E-state index contributed by atoms with van der Waals surface area (Å²) in [4.78, 5) is 39.7. The molecule has 6 atom stereocenters. The number of hydrogen-bond donors (Lipinski definition) is 7. The van der Waals surface area contributed by atoms with Crippen LogP contribution >= 0.6 is 0 Å². The number of ketones is 2. The zero-order chi connectivity index (χ0) is 23.9. The molecule has 1 fully saturated rings. The molecule has 0 radical (unpaired) electrons. The molecule has 4 rings (SSSR count). The normalized spacial score (nSPS) is 34.4. The highest BCUT2D eigenvalue weighted by Gasteiger charge is 2.68. The van der Waals surface area contributed by atoms with Crippen LogP contribution in [-0.4, -0.2) is 84.9 Å². The summed E-state index contributed by atoms with van der Waals surface area (Å²) >= 11 is 0. The van der Waals surface area contributed by atoms with Crippen LogP contribution in [0.2, 0.25) is 0 Å². The van der Waals surface area contributed by atoms with Crippen molar-refractivity contribution >= 4 is 23.2 Å². The number of primary amides is 1. The number of nitrogens with zero attached hydrogens (tertiary/aromatic N) is 1. The smallest absolute Gasteiger partial charge is 0.255 e. The number of amides is 1. The Bertz CT molecular complexity index is 1140. The van der Waals surface area contributed by atoms with Gasteiger partial charge in [-0.05, 0) is 25.7 Å². The number of aromatic hydroxyl groups is 1. The highest BCUT2D eigenvalue weighted by Crippen LogP contribution is 2.55. The average Bonchev–Trinajstić information content (AvgIpc) is 2.70. The molecule has 1 saturated carbocycles. The second-order valence-electron chi connectivity index (χ2n) is 8.45. The van der Waals surface area contributed by atoms with Crippen molar-refractivity contribution in [2.75, 3.05) is 14.1 Å². The molecule has 0 spiro atoms. The molecule has 3 aliphatic rings. The maximum atomic E-state index is 13.5. The number of aliphatic hydroxyl groups excluding tert-OH is 4. The third-order valence-corrected chi connectivity index (χ3v) is 6.62. The number of phenols is 1. The van der Waals surface area contributed by atoms with Gasteiger partial charge in [0.25, 0.3) is 5.91 Å². The molecule has 0 aliphatic heterocycles. The van der Waals surface area contributed by atoms with Crippen LogP contribution in [0.1, 0.15) is 17.2 Å². The number of hydrogen-bond acceptors (Lipinski definition) is 10. The van der Waals surface area contributed by atoms with Crippen LogP contribution in [0.15, 0.2) is 35.1 Å². The van der Waals surface area contributed by atoms with Gasteiger partial charge in [0, 0.05) is 11.5 Å². The molecule has 170 valence electrons. The molecule has 1 aromatic rings. The zero-order valence-corrected chi connectivity index (χ0v) is 17.1. The Morgan fingerprint density at radius 1 is 1.12 bits per heavy atom. The fraction of sp³-hybridized carbons (Fsp3) is 0.381. The van der Waals surface area contributed by atoms with Crippen molar-refractivity contribution in [2.45, 2.75) is 23.9 Å². The van der Waals surface area contributed by atoms with E-state index in [1.165, 1.54) is 37.2 Å². The third-order valence-electron chi connectivity index (χ3n) is 6.62. The number of nitrogens with two attached hydrogens (primary N) is 1. The first-order valence-electron chi connectivity index (χ1n) is 9.70. The minimum absolute atomic E-state index is 0.0228. The van der Waals surface area contributed by atoms with E-state index < -0.39 is 81.6 Å². The number of benzene rings is 1. The molecule has 11 heteroatoms. The summed E-state index contributed by atoms with van der Waals surface area (Å²) in [7, 11) is 2.79. The number of carbonyl (C=O) groups is 3. The van der Waals surface area contributed by atoms with Crippen molar-refractivity contribution < 1.29 is 45.0 Å². The minimum Gasteiger partial charge on any atom is -0.508 e. The van der Waals surface area contributed by atoms with Crippen LogP contribution in [0.4, 0.5) is 0 Å². The van der Waals surface area contributed by atoms with Gasteiger partial charge in [-0.2, -0.15) is 0 Å². The highest BCUT2D eigenvalue weighted by atomic mass is 16.4. The Balaban J connectivity index is 2.07. The Labute approximate surface area is 181 Å². The van der Waals surface area contributed by atoms with Crippen molar-refractivity contribution in [1.82, 2.24) is 4.90 Å². The first-order chi connectivity index (χ1) is 14.9. The van der Waals surface area contributed by atoms with E-state index in [-0.39, 0.29) is 11.1 Å². The first-order valence-corrected chi connectivity index (χ1v) is 9.70. The summed E-state index contributed by atoms with van der Waals surface area (Å²) in [6, 6.07) is 2.50. The molecule has 11 nitrogen and oxygen atoms in total. The molecule has 0 bridgehead atoms. The van der Waals surface area contributed by atoms with Crippen molar-refractivity contribution in [3.8, 4) is 5.75 Å². The Kier molecular flexibility index (Phi) is 4.72. The quantitative estimate of drug-likeness (QED) is 0.260. The molecule has 0 unspecified atom stereocenters. The summed E-state index contributed by atoms with van der Waals surface area (Å²) in [5.74, 6) is -9.56. The predicted octanol–water partition coefficient (Wildman–Crippen LogP) is -1.57. The Morgan fingerprint density at radius 3 is 2.31 bits per heavy atom. The lowest BCUT2D eigenvalue weighted by Crippen LogP contribution is -2.70. The van der Waals surface area contributed by atoms with Crippen LogP contribution in [-0.2, 0) is 14.4 Å². The number of aliphatic hydroxyl groups is 5. The van der Waals surface area contributed by atoms with Gasteiger partial charge in [-0.25, -0.2) is 0 Å². The zero-order valence-electron chi connectivity index (χ0n) is 17.1. The lowest BCUT2D eigenvalue weighted by atomic mass is 9.55. The lowest BCUT2D eigenvalue weighted by molar-refractivity contribution is -0.174. The Morgan fingerprint density at radius 2 is 1.75 bits per heavy atom. The topological polar surface area (TPSA) is 202 Å². The van der Waals surface area contributed by atoms with Gasteiger partial charge in [0.05, 0.1) is 29.7 Å². The van der Waals surface area contributed by atoms with E-state index in [1.807, 2.05) is 0 Å². The summed E-state index contributed by atoms with van der Waals surface area (Å²) in [5, 5.41) is 65.3. The summed E-state index contributed by atoms with van der Waals surface area (Å²) in [6.07, 6.45) is -3.44. The number of fused-ring (bicyclic) bond motifs is 3. The number of rotatable bonds is 2. The largest absolute Gasteiger partial charge is 0.508 e. The van der Waals surface area contributed by atoms with E-state index in [9.17, 15) is 45.0 Å². The van der Waals surface area contributed by atoms with Crippen molar-refractivity contribution in [1.29, 1.82) is 0 Å². The van der Waals surface area contributed by atoms with Gasteiger partial charge in [0.2, 0.25) is 5.78 Å². The van der Waals surface area contributed by atoms with Crippen molar-refractivity contribution in [2.24, 2.45) is 17.6 Å². The second kappa shape index (κ2) is 6.87. The first kappa shape index (κ1) is 22.0. The van der Waals surface area contributed by atoms with E-state index >= 15 is 0 Å². The average molecular weight is 446 g/mol. The number of likely N-dealkylation sites (N-methyl/N-ethyl adjacent to an activating group) is 1. The molecule has 0 aromatic heterocycles. The van der Waals surface area contributed by atoms with E-state index in [0.717, 1.165) is 0 Å². The third kappa shape index (κ3) is 2.47. The monoisotopic (exact) mass is 446 g/mol. The van der Waals surface area contributed by atoms with Crippen LogP contribution in [0.5, 0.6) is 5.75 Å². The summed E-state index contributed by atoms with van der Waals surface area (Å²) in [5.41, 5.74) is 0.311. The molecule has 8 N–H and O–H groups in total. The van der Waals surface area contributed by atoms with Crippen LogP contribution in [0.25, 0.3) is 5.76 Å². The predicted molar refractivity (Wildman–Crippen MR) is 107 cm³/mol. The van der Waals surface area contributed by atoms with Crippen molar-refractivity contribution in [3.63, 3.8) is 0 Å². The lowest BCUT2D eigenvalue weighted by Gasteiger charge is -2.53. The highest BCUT2D eigenvalue weighted by molar-refractivity contribution is 6.24. The number of Topliss-reactive ketones (excluding diaryl/α,β-unsaturated/α-hetero) is 2. The molecule has 0 saturated heterocycles. The molecule has 0 heterocycles. The van der Waals surface area contributed by atoms with E-state index in [2.05, 4.69) is 0 Å². The van der Waals surface area contributed by atoms with Gasteiger partial charge < -0.3 is 36.4 Å².